The van der Waals surface area contributed by atoms with Crippen LogP contribution in [0.5, 0.6) is 0 Å². The molecule has 0 saturated carbocycles. The summed E-state index contributed by atoms with van der Waals surface area (Å²) in [7, 11) is -3.83. The highest BCUT2D eigenvalue weighted by Gasteiger charge is 2.30. The van der Waals surface area contributed by atoms with Crippen LogP contribution < -0.4 is 10.5 Å². The van der Waals surface area contributed by atoms with E-state index in [0.29, 0.717) is 24.3 Å². The van der Waals surface area contributed by atoms with E-state index >= 15 is 0 Å². The number of aryl methyl sites for hydroxylation is 1. The summed E-state index contributed by atoms with van der Waals surface area (Å²) < 4.78 is 28.2. The third kappa shape index (κ3) is 3.81. The highest BCUT2D eigenvalue weighted by molar-refractivity contribution is 7.89. The first-order valence-electron chi connectivity index (χ1n) is 6.75. The number of hydrogen-bond donors (Lipinski definition) is 2. The largest absolute Gasteiger partial charge is 0.379 e. The predicted molar refractivity (Wildman–Crippen MR) is 78.5 cm³/mol. The second kappa shape index (κ2) is 5.75. The van der Waals surface area contributed by atoms with Crippen LogP contribution in [0.1, 0.15) is 35.7 Å². The van der Waals surface area contributed by atoms with Crippen molar-refractivity contribution in [2.75, 3.05) is 13.2 Å². The number of carbonyl (C=O) groups excluding carboxylic acids is 1. The number of carbonyl (C=O) groups is 1. The van der Waals surface area contributed by atoms with Crippen molar-refractivity contribution in [2.45, 2.75) is 37.1 Å². The van der Waals surface area contributed by atoms with Crippen LogP contribution in [0.25, 0.3) is 0 Å². The standard InChI is InChI=1S/C14H20N2O4S/c1-10-4-5-11(21(15,18)19)8-12(10)13(17)16-14(2)6-3-7-20-9-14/h4-5,8H,3,6-7,9H2,1-2H3,(H,16,17)(H2,15,18,19). The maximum Gasteiger partial charge on any atom is 0.252 e. The summed E-state index contributed by atoms with van der Waals surface area (Å²) in [6, 6.07) is 4.29. The van der Waals surface area contributed by atoms with Crippen LogP contribution in [0.3, 0.4) is 0 Å². The number of nitrogens with one attached hydrogen (secondary N) is 1. The maximum atomic E-state index is 12.4. The molecule has 1 aliphatic rings. The fraction of sp³-hybridized carbons (Fsp3) is 0.500. The quantitative estimate of drug-likeness (QED) is 0.867. The van der Waals surface area contributed by atoms with Gasteiger partial charge in [-0.15, -0.1) is 0 Å². The summed E-state index contributed by atoms with van der Waals surface area (Å²) in [5.74, 6) is -0.314. The van der Waals surface area contributed by atoms with Gasteiger partial charge in [-0.3, -0.25) is 4.79 Å². The molecule has 2 rings (SSSR count). The number of primary sulfonamides is 1. The molecule has 1 aromatic rings. The van der Waals surface area contributed by atoms with Gasteiger partial charge in [0.05, 0.1) is 17.0 Å². The highest BCUT2D eigenvalue weighted by atomic mass is 32.2. The molecule has 7 heteroatoms. The second-order valence-corrected chi connectivity index (χ2v) is 7.25. The van der Waals surface area contributed by atoms with Crippen molar-refractivity contribution < 1.29 is 17.9 Å². The summed E-state index contributed by atoms with van der Waals surface area (Å²) >= 11 is 0. The molecule has 1 aromatic carbocycles. The van der Waals surface area contributed by atoms with Gasteiger partial charge in [-0.2, -0.15) is 0 Å². The number of sulfonamides is 1. The molecular weight excluding hydrogens is 292 g/mol. The average Bonchev–Trinajstić information content (AvgIpc) is 2.38. The van der Waals surface area contributed by atoms with Crippen LogP contribution >= 0.6 is 0 Å². The molecule has 0 bridgehead atoms. The molecule has 0 spiro atoms. The van der Waals surface area contributed by atoms with E-state index in [0.717, 1.165) is 12.8 Å². The van der Waals surface area contributed by atoms with Crippen LogP contribution in [0, 0.1) is 6.92 Å². The van der Waals surface area contributed by atoms with Gasteiger partial charge in [-0.1, -0.05) is 6.07 Å². The van der Waals surface area contributed by atoms with Crippen molar-refractivity contribution in [3.8, 4) is 0 Å². The fourth-order valence-electron chi connectivity index (χ4n) is 2.40. The van der Waals surface area contributed by atoms with Gasteiger partial charge in [0.15, 0.2) is 0 Å². The molecule has 0 aliphatic carbocycles. The van der Waals surface area contributed by atoms with Crippen molar-refractivity contribution in [1.29, 1.82) is 0 Å². The molecule has 1 amide bonds. The number of nitrogens with two attached hydrogens (primary N) is 1. The highest BCUT2D eigenvalue weighted by Crippen LogP contribution is 2.20. The van der Waals surface area contributed by atoms with Crippen molar-refractivity contribution in [2.24, 2.45) is 5.14 Å². The van der Waals surface area contributed by atoms with Crippen molar-refractivity contribution in [3.05, 3.63) is 29.3 Å². The molecule has 0 aromatic heterocycles. The number of benzene rings is 1. The summed E-state index contributed by atoms with van der Waals surface area (Å²) in [5.41, 5.74) is 0.577. The minimum absolute atomic E-state index is 0.0664. The maximum absolute atomic E-state index is 12.4. The predicted octanol–water partition coefficient (Wildman–Crippen LogP) is 0.941. The Balaban J connectivity index is 2.26. The Morgan fingerprint density at radius 2 is 2.14 bits per heavy atom. The SMILES string of the molecule is Cc1ccc(S(N)(=O)=O)cc1C(=O)NC1(C)CCCOC1. The molecule has 1 heterocycles. The van der Waals surface area contributed by atoms with Crippen LogP contribution in [0.4, 0.5) is 0 Å². The monoisotopic (exact) mass is 312 g/mol. The molecule has 1 fully saturated rings. The minimum Gasteiger partial charge on any atom is -0.379 e. The van der Waals surface area contributed by atoms with Gasteiger partial charge in [0.1, 0.15) is 0 Å². The number of ether oxygens (including phenoxy) is 1. The third-order valence-corrected chi connectivity index (χ3v) is 4.55. The Bertz CT molecular complexity index is 649. The normalized spacial score (nSPS) is 22.8. The molecular formula is C14H20N2O4S. The van der Waals surface area contributed by atoms with Crippen molar-refractivity contribution >= 4 is 15.9 Å². The number of rotatable bonds is 3. The average molecular weight is 312 g/mol. The van der Waals surface area contributed by atoms with Crippen molar-refractivity contribution in [3.63, 3.8) is 0 Å². The van der Waals surface area contributed by atoms with Gasteiger partial charge >= 0.3 is 0 Å². The molecule has 0 radical (unpaired) electrons. The summed E-state index contributed by atoms with van der Waals surface area (Å²) in [5, 5.41) is 8.04. The topological polar surface area (TPSA) is 98.5 Å². The van der Waals surface area contributed by atoms with Gasteiger partial charge in [0, 0.05) is 12.2 Å². The molecule has 1 aliphatic heterocycles. The number of hydrogen-bond acceptors (Lipinski definition) is 4. The van der Waals surface area contributed by atoms with E-state index in [1.807, 2.05) is 6.92 Å². The molecule has 1 atom stereocenters. The first-order valence-corrected chi connectivity index (χ1v) is 8.30. The van der Waals surface area contributed by atoms with Crippen LogP contribution in [0.15, 0.2) is 23.1 Å². The number of amides is 1. The van der Waals surface area contributed by atoms with E-state index in [-0.39, 0.29) is 10.8 Å². The van der Waals surface area contributed by atoms with E-state index in [2.05, 4.69) is 5.32 Å². The Morgan fingerprint density at radius 1 is 1.43 bits per heavy atom. The van der Waals surface area contributed by atoms with Crippen LogP contribution in [-0.2, 0) is 14.8 Å². The van der Waals surface area contributed by atoms with Crippen LogP contribution in [-0.4, -0.2) is 33.1 Å². The van der Waals surface area contributed by atoms with Gasteiger partial charge < -0.3 is 10.1 Å². The summed E-state index contributed by atoms with van der Waals surface area (Å²) in [6.07, 6.45) is 1.71. The lowest BCUT2D eigenvalue weighted by Gasteiger charge is -2.34. The molecule has 1 saturated heterocycles. The summed E-state index contributed by atoms with van der Waals surface area (Å²) in [4.78, 5) is 12.3. The fourth-order valence-corrected chi connectivity index (χ4v) is 2.94. The van der Waals surface area contributed by atoms with E-state index in [9.17, 15) is 13.2 Å². The van der Waals surface area contributed by atoms with Gasteiger partial charge in [0.2, 0.25) is 10.0 Å². The van der Waals surface area contributed by atoms with E-state index in [1.54, 1.807) is 13.0 Å². The third-order valence-electron chi connectivity index (χ3n) is 3.64. The Morgan fingerprint density at radius 3 is 2.71 bits per heavy atom. The lowest BCUT2D eigenvalue weighted by atomic mass is 9.94. The smallest absolute Gasteiger partial charge is 0.252 e. The minimum atomic E-state index is -3.83. The van der Waals surface area contributed by atoms with E-state index in [4.69, 9.17) is 9.88 Å². The van der Waals surface area contributed by atoms with E-state index < -0.39 is 15.6 Å². The van der Waals surface area contributed by atoms with E-state index in [1.165, 1.54) is 12.1 Å². The molecule has 3 N–H and O–H groups in total. The Hall–Kier alpha value is -1.44. The zero-order valence-electron chi connectivity index (χ0n) is 12.2. The first kappa shape index (κ1) is 15.9. The Labute approximate surface area is 124 Å². The lowest BCUT2D eigenvalue weighted by Crippen LogP contribution is -2.51. The summed E-state index contributed by atoms with van der Waals surface area (Å²) in [6.45, 7) is 4.82. The van der Waals surface area contributed by atoms with Gasteiger partial charge in [-0.25, -0.2) is 13.6 Å². The van der Waals surface area contributed by atoms with Crippen molar-refractivity contribution in [1.82, 2.24) is 5.32 Å². The molecule has 1 unspecified atom stereocenters. The molecule has 116 valence electrons. The van der Waals surface area contributed by atoms with Crippen LogP contribution in [0.2, 0.25) is 0 Å². The Kier molecular flexibility index (Phi) is 4.36. The molecule has 21 heavy (non-hydrogen) atoms. The zero-order valence-corrected chi connectivity index (χ0v) is 13.0. The van der Waals surface area contributed by atoms with Gasteiger partial charge in [0.25, 0.3) is 5.91 Å². The zero-order chi connectivity index (χ0) is 15.7. The van der Waals surface area contributed by atoms with Gasteiger partial charge in [-0.05, 0) is 44.4 Å². The lowest BCUT2D eigenvalue weighted by molar-refractivity contribution is 0.0272. The first-order chi connectivity index (χ1) is 9.71. The second-order valence-electron chi connectivity index (χ2n) is 5.69. The molecule has 6 nitrogen and oxygen atoms in total.